The third kappa shape index (κ3) is 5.89. The predicted octanol–water partition coefficient (Wildman–Crippen LogP) is 1.40. The summed E-state index contributed by atoms with van der Waals surface area (Å²) in [5, 5.41) is 3.08. The summed E-state index contributed by atoms with van der Waals surface area (Å²) in [5.74, 6) is 0.577. The van der Waals surface area contributed by atoms with Crippen LogP contribution in [0.15, 0.2) is 4.99 Å². The second-order valence-corrected chi connectivity index (χ2v) is 4.40. The van der Waals surface area contributed by atoms with Gasteiger partial charge in [0.2, 0.25) is 0 Å². The Labute approximate surface area is 116 Å². The molecule has 0 bridgehead atoms. The molecule has 1 aliphatic rings. The molecule has 96 valence electrons. The van der Waals surface area contributed by atoms with Crippen LogP contribution in [0.4, 0.5) is 0 Å². The van der Waals surface area contributed by atoms with Crippen LogP contribution in [-0.4, -0.2) is 43.1 Å². The average Bonchev–Trinajstić information content (AvgIpc) is 3.05. The zero-order chi connectivity index (χ0) is 11.3. The van der Waals surface area contributed by atoms with Crippen LogP contribution in [0, 0.1) is 0 Å². The van der Waals surface area contributed by atoms with Crippen LogP contribution in [0.2, 0.25) is 0 Å². The quantitative estimate of drug-likeness (QED) is 0.437. The molecule has 1 saturated carbocycles. The van der Waals surface area contributed by atoms with Gasteiger partial charge in [-0.2, -0.15) is 0 Å². The van der Waals surface area contributed by atoms with Crippen molar-refractivity contribution in [1.29, 1.82) is 0 Å². The van der Waals surface area contributed by atoms with E-state index < -0.39 is 0 Å². The molecule has 0 aromatic rings. The van der Waals surface area contributed by atoms with Gasteiger partial charge in [0.1, 0.15) is 0 Å². The second-order valence-electron chi connectivity index (χ2n) is 4.40. The van der Waals surface area contributed by atoms with Crippen molar-refractivity contribution in [3.8, 4) is 0 Å². The summed E-state index contributed by atoms with van der Waals surface area (Å²) in [6, 6.07) is 1.28. The van der Waals surface area contributed by atoms with E-state index in [1.54, 1.807) is 0 Å². The first-order valence-electron chi connectivity index (χ1n) is 5.90. The van der Waals surface area contributed by atoms with Crippen molar-refractivity contribution < 1.29 is 0 Å². The van der Waals surface area contributed by atoms with Gasteiger partial charge in [-0.25, -0.2) is 0 Å². The largest absolute Gasteiger partial charge is 0.370 e. The summed E-state index contributed by atoms with van der Waals surface area (Å²) in [6.45, 7) is 6.01. The zero-order valence-electron chi connectivity index (χ0n) is 10.6. The first-order chi connectivity index (χ1) is 7.15. The fourth-order valence-corrected chi connectivity index (χ4v) is 1.51. The molecule has 1 fully saturated rings. The summed E-state index contributed by atoms with van der Waals surface area (Å²) in [4.78, 5) is 6.73. The number of nitrogens with two attached hydrogens (primary N) is 1. The number of guanidine groups is 1. The molecular formula is C11H25IN4. The molecule has 0 radical (unpaired) electrons. The van der Waals surface area contributed by atoms with Gasteiger partial charge in [0.15, 0.2) is 5.96 Å². The summed E-state index contributed by atoms with van der Waals surface area (Å²) >= 11 is 0. The Kier molecular flexibility index (Phi) is 8.09. The van der Waals surface area contributed by atoms with Gasteiger partial charge < -0.3 is 11.1 Å². The minimum atomic E-state index is 0. The first-order valence-corrected chi connectivity index (χ1v) is 5.90. The zero-order valence-corrected chi connectivity index (χ0v) is 12.9. The topological polar surface area (TPSA) is 53.6 Å². The van der Waals surface area contributed by atoms with Crippen LogP contribution in [0.1, 0.15) is 33.1 Å². The molecule has 16 heavy (non-hydrogen) atoms. The lowest BCUT2D eigenvalue weighted by Gasteiger charge is -2.22. The van der Waals surface area contributed by atoms with Crippen LogP contribution < -0.4 is 11.1 Å². The van der Waals surface area contributed by atoms with Crippen molar-refractivity contribution in [1.82, 2.24) is 10.2 Å². The SMILES string of the molecule is CCCNC(N)=NCC(C)N(C)C1CC1.I. The van der Waals surface area contributed by atoms with Crippen molar-refractivity contribution in [2.75, 3.05) is 20.1 Å². The molecule has 0 spiro atoms. The van der Waals surface area contributed by atoms with Crippen LogP contribution in [-0.2, 0) is 0 Å². The third-order valence-corrected chi connectivity index (χ3v) is 2.90. The molecule has 1 aliphatic carbocycles. The van der Waals surface area contributed by atoms with Gasteiger partial charge in [-0.05, 0) is 33.2 Å². The summed E-state index contributed by atoms with van der Waals surface area (Å²) in [5.41, 5.74) is 5.72. The van der Waals surface area contributed by atoms with Gasteiger partial charge in [0, 0.05) is 18.6 Å². The van der Waals surface area contributed by atoms with Gasteiger partial charge in [-0.3, -0.25) is 9.89 Å². The van der Waals surface area contributed by atoms with Crippen LogP contribution in [0.3, 0.4) is 0 Å². The van der Waals surface area contributed by atoms with E-state index in [4.69, 9.17) is 5.73 Å². The second kappa shape index (κ2) is 8.11. The highest BCUT2D eigenvalue weighted by Crippen LogP contribution is 2.26. The van der Waals surface area contributed by atoms with E-state index in [1.165, 1.54) is 12.8 Å². The van der Waals surface area contributed by atoms with Gasteiger partial charge in [0.25, 0.3) is 0 Å². The molecule has 0 saturated heterocycles. The van der Waals surface area contributed by atoms with E-state index in [2.05, 4.69) is 36.1 Å². The molecule has 1 unspecified atom stereocenters. The van der Waals surface area contributed by atoms with Gasteiger partial charge in [-0.15, -0.1) is 24.0 Å². The normalized spacial score (nSPS) is 18.1. The molecule has 0 aromatic carbocycles. The number of aliphatic imine (C=N–C) groups is 1. The minimum Gasteiger partial charge on any atom is -0.370 e. The van der Waals surface area contributed by atoms with Crippen molar-refractivity contribution in [2.24, 2.45) is 10.7 Å². The number of halogens is 1. The summed E-state index contributed by atoms with van der Waals surface area (Å²) in [6.07, 6.45) is 3.76. The lowest BCUT2D eigenvalue weighted by Crippen LogP contribution is -2.36. The minimum absolute atomic E-state index is 0. The highest BCUT2D eigenvalue weighted by atomic mass is 127. The Bertz CT molecular complexity index is 216. The molecule has 0 aliphatic heterocycles. The molecule has 1 rings (SSSR count). The van der Waals surface area contributed by atoms with Crippen LogP contribution in [0.5, 0.6) is 0 Å². The maximum atomic E-state index is 5.72. The van der Waals surface area contributed by atoms with E-state index in [0.29, 0.717) is 12.0 Å². The van der Waals surface area contributed by atoms with Gasteiger partial charge >= 0.3 is 0 Å². The van der Waals surface area contributed by atoms with Gasteiger partial charge in [-0.1, -0.05) is 6.92 Å². The molecule has 0 aromatic heterocycles. The maximum absolute atomic E-state index is 5.72. The number of likely N-dealkylation sites (N-methyl/N-ethyl adjacent to an activating group) is 1. The highest BCUT2D eigenvalue weighted by Gasteiger charge is 2.28. The molecule has 1 atom stereocenters. The van der Waals surface area contributed by atoms with E-state index in [0.717, 1.165) is 25.6 Å². The first kappa shape index (κ1) is 16.0. The van der Waals surface area contributed by atoms with Gasteiger partial charge in [0.05, 0.1) is 6.54 Å². The molecule has 5 heteroatoms. The monoisotopic (exact) mass is 340 g/mol. The number of hydrogen-bond acceptors (Lipinski definition) is 2. The fraction of sp³-hybridized carbons (Fsp3) is 0.909. The average molecular weight is 340 g/mol. The Balaban J connectivity index is 0.00000225. The predicted molar refractivity (Wildman–Crippen MR) is 80.4 cm³/mol. The van der Waals surface area contributed by atoms with Crippen molar-refractivity contribution in [2.45, 2.75) is 45.2 Å². The van der Waals surface area contributed by atoms with E-state index in [1.807, 2.05) is 0 Å². The smallest absolute Gasteiger partial charge is 0.188 e. The van der Waals surface area contributed by atoms with Crippen LogP contribution in [0.25, 0.3) is 0 Å². The number of nitrogens with one attached hydrogen (secondary N) is 1. The maximum Gasteiger partial charge on any atom is 0.188 e. The molecule has 3 N–H and O–H groups in total. The Hall–Kier alpha value is -0.0400. The lowest BCUT2D eigenvalue weighted by molar-refractivity contribution is 0.253. The summed E-state index contributed by atoms with van der Waals surface area (Å²) < 4.78 is 0. The number of hydrogen-bond donors (Lipinski definition) is 2. The van der Waals surface area contributed by atoms with Crippen molar-refractivity contribution in [3.05, 3.63) is 0 Å². The Morgan fingerprint density at radius 3 is 2.69 bits per heavy atom. The Morgan fingerprint density at radius 1 is 1.56 bits per heavy atom. The number of rotatable bonds is 6. The lowest BCUT2D eigenvalue weighted by atomic mass is 10.3. The summed E-state index contributed by atoms with van der Waals surface area (Å²) in [7, 11) is 2.17. The van der Waals surface area contributed by atoms with Crippen molar-refractivity contribution >= 4 is 29.9 Å². The standard InChI is InChI=1S/C11H24N4.HI/c1-4-7-13-11(12)14-8-9(2)15(3)10-5-6-10;/h9-10H,4-8H2,1-3H3,(H3,12,13,14);1H. The van der Waals surface area contributed by atoms with Crippen LogP contribution >= 0.6 is 24.0 Å². The van der Waals surface area contributed by atoms with E-state index in [-0.39, 0.29) is 24.0 Å². The third-order valence-electron chi connectivity index (χ3n) is 2.90. The molecule has 0 amide bonds. The molecule has 4 nitrogen and oxygen atoms in total. The van der Waals surface area contributed by atoms with Crippen molar-refractivity contribution in [3.63, 3.8) is 0 Å². The highest BCUT2D eigenvalue weighted by molar-refractivity contribution is 14.0. The molecule has 0 heterocycles. The van der Waals surface area contributed by atoms with E-state index >= 15 is 0 Å². The molecular weight excluding hydrogens is 315 g/mol. The van der Waals surface area contributed by atoms with E-state index in [9.17, 15) is 0 Å². The fourth-order valence-electron chi connectivity index (χ4n) is 1.51. The Morgan fingerprint density at radius 2 is 2.19 bits per heavy atom. The number of nitrogens with zero attached hydrogens (tertiary/aromatic N) is 2.